The molecule has 2 aliphatic heterocycles. The van der Waals surface area contributed by atoms with Crippen LogP contribution in [0.25, 0.3) is 0 Å². The molecule has 1 saturated heterocycles. The minimum absolute atomic E-state index is 0. The summed E-state index contributed by atoms with van der Waals surface area (Å²) in [6.07, 6.45) is 0.674. The van der Waals surface area contributed by atoms with Crippen LogP contribution in [0, 0.1) is 0 Å². The molecule has 2 heterocycles. The number of carbonyl (C=O) groups is 1. The van der Waals surface area contributed by atoms with E-state index in [0.717, 1.165) is 24.3 Å². The molecular formula is C15H21IN4O2. The van der Waals surface area contributed by atoms with Crippen molar-refractivity contribution < 1.29 is 9.53 Å². The van der Waals surface area contributed by atoms with Crippen LogP contribution in [0.1, 0.15) is 17.9 Å². The van der Waals surface area contributed by atoms with E-state index in [-0.39, 0.29) is 35.8 Å². The maximum Gasteiger partial charge on any atom is 0.232 e. The van der Waals surface area contributed by atoms with E-state index in [1.165, 1.54) is 0 Å². The standard InChI is InChI=1S/C15H20N4O2.HI/c16-15(19-7-9-21-10-8-19)17-6-5-12-11-3-1-2-4-13(11)18-14(12)20;/h1-4,12H,5-10H2,(H2,16,17)(H,18,20);1H. The molecule has 3 N–H and O–H groups in total. The third-order valence-electron chi connectivity index (χ3n) is 3.94. The van der Waals surface area contributed by atoms with Gasteiger partial charge in [0.25, 0.3) is 0 Å². The molecule has 120 valence electrons. The van der Waals surface area contributed by atoms with Crippen molar-refractivity contribution in [3.8, 4) is 0 Å². The number of nitrogens with one attached hydrogen (secondary N) is 1. The number of aliphatic imine (C=N–C) groups is 1. The fourth-order valence-corrected chi connectivity index (χ4v) is 2.76. The van der Waals surface area contributed by atoms with E-state index in [1.807, 2.05) is 29.2 Å². The number of halogens is 1. The molecule has 2 aliphatic rings. The molecule has 0 aromatic heterocycles. The topological polar surface area (TPSA) is 79.9 Å². The van der Waals surface area contributed by atoms with E-state index < -0.39 is 0 Å². The van der Waals surface area contributed by atoms with Gasteiger partial charge in [0.1, 0.15) is 0 Å². The molecule has 0 bridgehead atoms. The van der Waals surface area contributed by atoms with Gasteiger partial charge in [-0.3, -0.25) is 9.79 Å². The average molecular weight is 416 g/mol. The molecule has 6 nitrogen and oxygen atoms in total. The predicted octanol–water partition coefficient (Wildman–Crippen LogP) is 1.38. The number of ether oxygens (including phenoxy) is 1. The SMILES string of the molecule is I.NC(=NCCC1C(=O)Nc2ccccc21)N1CCOCC1. The highest BCUT2D eigenvalue weighted by Crippen LogP contribution is 2.34. The summed E-state index contributed by atoms with van der Waals surface area (Å²) in [5.41, 5.74) is 7.95. The molecule has 22 heavy (non-hydrogen) atoms. The zero-order valence-corrected chi connectivity index (χ0v) is 14.7. The highest BCUT2D eigenvalue weighted by Gasteiger charge is 2.29. The Morgan fingerprint density at radius 2 is 2.09 bits per heavy atom. The molecule has 0 radical (unpaired) electrons. The number of morpholine rings is 1. The number of para-hydroxylation sites is 1. The Hall–Kier alpha value is -1.35. The molecule has 1 aromatic carbocycles. The highest BCUT2D eigenvalue weighted by atomic mass is 127. The van der Waals surface area contributed by atoms with Gasteiger partial charge in [0.15, 0.2) is 5.96 Å². The molecule has 7 heteroatoms. The van der Waals surface area contributed by atoms with Crippen molar-refractivity contribution in [2.24, 2.45) is 10.7 Å². The maximum atomic E-state index is 12.0. The molecule has 0 spiro atoms. The Balaban J connectivity index is 0.00000176. The fraction of sp³-hybridized carbons (Fsp3) is 0.467. The molecule has 1 atom stereocenters. The molecule has 0 aliphatic carbocycles. The Bertz CT molecular complexity index is 558. The normalized spacial score (nSPS) is 21.1. The van der Waals surface area contributed by atoms with Gasteiger partial charge in [-0.2, -0.15) is 0 Å². The van der Waals surface area contributed by atoms with Crippen LogP contribution >= 0.6 is 24.0 Å². The molecule has 1 unspecified atom stereocenters. The van der Waals surface area contributed by atoms with Crippen LogP contribution < -0.4 is 11.1 Å². The summed E-state index contributed by atoms with van der Waals surface area (Å²) in [6, 6.07) is 7.80. The zero-order valence-electron chi connectivity index (χ0n) is 12.3. The number of carbonyl (C=O) groups excluding carboxylic acids is 1. The molecule has 0 saturated carbocycles. The second-order valence-electron chi connectivity index (χ2n) is 5.26. The van der Waals surface area contributed by atoms with Gasteiger partial charge in [-0.15, -0.1) is 24.0 Å². The van der Waals surface area contributed by atoms with Gasteiger partial charge in [0, 0.05) is 25.3 Å². The first-order valence-corrected chi connectivity index (χ1v) is 7.28. The quantitative estimate of drug-likeness (QED) is 0.443. The van der Waals surface area contributed by atoms with E-state index in [4.69, 9.17) is 10.5 Å². The fourth-order valence-electron chi connectivity index (χ4n) is 2.76. The van der Waals surface area contributed by atoms with E-state index in [2.05, 4.69) is 10.3 Å². The number of hydrogen-bond donors (Lipinski definition) is 2. The lowest BCUT2D eigenvalue weighted by Gasteiger charge is -2.27. The summed E-state index contributed by atoms with van der Waals surface area (Å²) in [4.78, 5) is 18.4. The van der Waals surface area contributed by atoms with Crippen molar-refractivity contribution in [3.63, 3.8) is 0 Å². The van der Waals surface area contributed by atoms with Gasteiger partial charge in [0.2, 0.25) is 5.91 Å². The Kier molecular flexibility index (Phi) is 6.01. The summed E-state index contributed by atoms with van der Waals surface area (Å²) in [5.74, 6) is 0.476. The van der Waals surface area contributed by atoms with Gasteiger partial charge in [-0.05, 0) is 18.1 Å². The van der Waals surface area contributed by atoms with E-state index in [9.17, 15) is 4.79 Å². The van der Waals surface area contributed by atoms with Crippen LogP contribution in [-0.2, 0) is 9.53 Å². The van der Waals surface area contributed by atoms with Crippen LogP contribution in [0.15, 0.2) is 29.3 Å². The predicted molar refractivity (Wildman–Crippen MR) is 96.7 cm³/mol. The maximum absolute atomic E-state index is 12.0. The molecule has 1 fully saturated rings. The first-order chi connectivity index (χ1) is 10.3. The van der Waals surface area contributed by atoms with Crippen molar-refractivity contribution in [1.29, 1.82) is 0 Å². The summed E-state index contributed by atoms with van der Waals surface area (Å²) < 4.78 is 5.28. The number of benzene rings is 1. The number of rotatable bonds is 3. The smallest absolute Gasteiger partial charge is 0.232 e. The van der Waals surface area contributed by atoms with Gasteiger partial charge in [-0.25, -0.2) is 0 Å². The minimum atomic E-state index is -0.123. The first-order valence-electron chi connectivity index (χ1n) is 7.28. The third kappa shape index (κ3) is 3.70. The third-order valence-corrected chi connectivity index (χ3v) is 3.94. The number of nitrogens with zero attached hydrogens (tertiary/aromatic N) is 2. The van der Waals surface area contributed by atoms with Gasteiger partial charge >= 0.3 is 0 Å². The minimum Gasteiger partial charge on any atom is -0.378 e. The monoisotopic (exact) mass is 416 g/mol. The summed E-state index contributed by atoms with van der Waals surface area (Å²) in [6.45, 7) is 3.49. The lowest BCUT2D eigenvalue weighted by molar-refractivity contribution is -0.117. The van der Waals surface area contributed by atoms with Crippen LogP contribution in [-0.4, -0.2) is 49.6 Å². The molecular weight excluding hydrogens is 395 g/mol. The second kappa shape index (κ2) is 7.77. The van der Waals surface area contributed by atoms with Crippen molar-refractivity contribution in [1.82, 2.24) is 4.90 Å². The zero-order chi connectivity index (χ0) is 14.7. The number of amides is 1. The van der Waals surface area contributed by atoms with Crippen molar-refractivity contribution in [2.45, 2.75) is 12.3 Å². The summed E-state index contributed by atoms with van der Waals surface area (Å²) >= 11 is 0. The Morgan fingerprint density at radius 3 is 2.86 bits per heavy atom. The first kappa shape index (κ1) is 17.0. The van der Waals surface area contributed by atoms with Crippen molar-refractivity contribution >= 4 is 41.5 Å². The molecule has 1 aromatic rings. The number of nitrogens with two attached hydrogens (primary N) is 1. The van der Waals surface area contributed by atoms with E-state index in [1.54, 1.807) is 0 Å². The van der Waals surface area contributed by atoms with Crippen molar-refractivity contribution in [3.05, 3.63) is 29.8 Å². The number of hydrogen-bond acceptors (Lipinski definition) is 3. The Morgan fingerprint density at radius 1 is 1.36 bits per heavy atom. The largest absolute Gasteiger partial charge is 0.378 e. The lowest BCUT2D eigenvalue weighted by Crippen LogP contribution is -2.44. The second-order valence-corrected chi connectivity index (χ2v) is 5.26. The van der Waals surface area contributed by atoms with E-state index >= 15 is 0 Å². The number of guanidine groups is 1. The van der Waals surface area contributed by atoms with Gasteiger partial charge in [-0.1, -0.05) is 18.2 Å². The highest BCUT2D eigenvalue weighted by molar-refractivity contribution is 14.0. The lowest BCUT2D eigenvalue weighted by atomic mass is 9.97. The van der Waals surface area contributed by atoms with Crippen LogP contribution in [0.2, 0.25) is 0 Å². The average Bonchev–Trinajstić information content (AvgIpc) is 2.84. The molecule has 1 amide bonds. The van der Waals surface area contributed by atoms with Crippen LogP contribution in [0.3, 0.4) is 0 Å². The molecule has 3 rings (SSSR count). The van der Waals surface area contributed by atoms with E-state index in [0.29, 0.717) is 32.1 Å². The number of anilines is 1. The van der Waals surface area contributed by atoms with Crippen LogP contribution in [0.4, 0.5) is 5.69 Å². The Labute approximate surface area is 147 Å². The van der Waals surface area contributed by atoms with Crippen molar-refractivity contribution in [2.75, 3.05) is 38.2 Å². The van der Waals surface area contributed by atoms with Gasteiger partial charge in [0.05, 0.1) is 19.1 Å². The number of fused-ring (bicyclic) bond motifs is 1. The summed E-state index contributed by atoms with van der Waals surface area (Å²) in [7, 11) is 0. The summed E-state index contributed by atoms with van der Waals surface area (Å²) in [5, 5.41) is 2.90. The van der Waals surface area contributed by atoms with Crippen LogP contribution in [0.5, 0.6) is 0 Å². The van der Waals surface area contributed by atoms with Gasteiger partial charge < -0.3 is 20.7 Å².